The number of anilines is 2. The van der Waals surface area contributed by atoms with Crippen LogP contribution in [0.5, 0.6) is 5.75 Å². The fourth-order valence-electron chi connectivity index (χ4n) is 2.04. The minimum Gasteiger partial charge on any atom is -0.497 e. The van der Waals surface area contributed by atoms with E-state index in [4.69, 9.17) is 16.3 Å². The number of hydrogen-bond donors (Lipinski definition) is 1. The molecule has 0 spiro atoms. The van der Waals surface area contributed by atoms with E-state index in [1.54, 1.807) is 13.3 Å². The van der Waals surface area contributed by atoms with E-state index in [0.717, 1.165) is 22.6 Å². The van der Waals surface area contributed by atoms with Gasteiger partial charge in [0.2, 0.25) is 5.95 Å². The second-order valence-electron chi connectivity index (χ2n) is 4.62. The molecule has 0 saturated heterocycles. The Bertz CT molecular complexity index is 761. The highest BCUT2D eigenvalue weighted by Crippen LogP contribution is 2.27. The van der Waals surface area contributed by atoms with Crippen LogP contribution in [-0.4, -0.2) is 17.1 Å². The molecular formula is C17H14ClN3O. The summed E-state index contributed by atoms with van der Waals surface area (Å²) in [5.41, 5.74) is 2.66. The van der Waals surface area contributed by atoms with Crippen molar-refractivity contribution in [2.45, 2.75) is 0 Å². The van der Waals surface area contributed by atoms with Crippen molar-refractivity contribution in [3.63, 3.8) is 0 Å². The van der Waals surface area contributed by atoms with Crippen LogP contribution in [0.2, 0.25) is 5.15 Å². The first-order valence-corrected chi connectivity index (χ1v) is 7.13. The molecule has 0 saturated carbocycles. The van der Waals surface area contributed by atoms with Crippen LogP contribution in [0, 0.1) is 0 Å². The molecule has 3 aromatic rings. The molecule has 1 N–H and O–H groups in total. The molecule has 110 valence electrons. The predicted molar refractivity (Wildman–Crippen MR) is 88.8 cm³/mol. The van der Waals surface area contributed by atoms with Crippen molar-refractivity contribution >= 4 is 23.2 Å². The van der Waals surface area contributed by atoms with E-state index in [1.165, 1.54) is 0 Å². The molecule has 3 rings (SSSR count). The summed E-state index contributed by atoms with van der Waals surface area (Å²) in [6, 6.07) is 17.3. The average Bonchev–Trinajstić information content (AvgIpc) is 2.56. The summed E-state index contributed by atoms with van der Waals surface area (Å²) in [6.07, 6.45) is 1.72. The molecule has 0 aliphatic carbocycles. The minimum absolute atomic E-state index is 0.414. The lowest BCUT2D eigenvalue weighted by atomic mass is 10.1. The molecular weight excluding hydrogens is 298 g/mol. The highest BCUT2D eigenvalue weighted by atomic mass is 35.5. The standard InChI is InChI=1S/C17H14ClN3O/c1-22-14-9-7-13(8-10-14)20-17-19-11-15(16(18)21-17)12-5-3-2-4-6-12/h2-11H,1H3,(H,19,20,21). The van der Waals surface area contributed by atoms with E-state index in [2.05, 4.69) is 15.3 Å². The van der Waals surface area contributed by atoms with Crippen LogP contribution < -0.4 is 10.1 Å². The Balaban J connectivity index is 1.82. The number of rotatable bonds is 4. The van der Waals surface area contributed by atoms with Crippen molar-refractivity contribution in [1.29, 1.82) is 0 Å². The van der Waals surface area contributed by atoms with Crippen LogP contribution in [0.15, 0.2) is 60.8 Å². The van der Waals surface area contributed by atoms with E-state index < -0.39 is 0 Å². The topological polar surface area (TPSA) is 47.0 Å². The van der Waals surface area contributed by atoms with Crippen LogP contribution in [-0.2, 0) is 0 Å². The number of hydrogen-bond acceptors (Lipinski definition) is 4. The van der Waals surface area contributed by atoms with E-state index in [0.29, 0.717) is 11.1 Å². The molecule has 5 heteroatoms. The summed E-state index contributed by atoms with van der Waals surface area (Å²) in [4.78, 5) is 8.62. The highest BCUT2D eigenvalue weighted by Gasteiger charge is 2.07. The largest absolute Gasteiger partial charge is 0.497 e. The molecule has 0 unspecified atom stereocenters. The first-order valence-electron chi connectivity index (χ1n) is 6.75. The van der Waals surface area contributed by atoms with Gasteiger partial charge in [-0.1, -0.05) is 41.9 Å². The molecule has 0 aliphatic rings. The fourth-order valence-corrected chi connectivity index (χ4v) is 2.27. The quantitative estimate of drug-likeness (QED) is 0.718. The SMILES string of the molecule is COc1ccc(Nc2ncc(-c3ccccc3)c(Cl)n2)cc1. The van der Waals surface area contributed by atoms with Crippen LogP contribution in [0.25, 0.3) is 11.1 Å². The Morgan fingerprint density at radius 1 is 1.00 bits per heavy atom. The zero-order chi connectivity index (χ0) is 15.4. The van der Waals surface area contributed by atoms with Crippen molar-refractivity contribution in [2.24, 2.45) is 0 Å². The molecule has 0 amide bonds. The van der Waals surface area contributed by atoms with Gasteiger partial charge in [0.25, 0.3) is 0 Å². The van der Waals surface area contributed by atoms with E-state index in [1.807, 2.05) is 54.6 Å². The van der Waals surface area contributed by atoms with E-state index >= 15 is 0 Å². The van der Waals surface area contributed by atoms with Crippen molar-refractivity contribution in [3.8, 4) is 16.9 Å². The second-order valence-corrected chi connectivity index (χ2v) is 4.98. The maximum Gasteiger partial charge on any atom is 0.228 e. The fraction of sp³-hybridized carbons (Fsp3) is 0.0588. The molecule has 1 aromatic heterocycles. The van der Waals surface area contributed by atoms with Gasteiger partial charge in [0.1, 0.15) is 10.9 Å². The van der Waals surface area contributed by atoms with Gasteiger partial charge < -0.3 is 10.1 Å². The molecule has 0 bridgehead atoms. The number of benzene rings is 2. The molecule has 2 aromatic carbocycles. The number of aromatic nitrogens is 2. The van der Waals surface area contributed by atoms with Gasteiger partial charge >= 0.3 is 0 Å². The van der Waals surface area contributed by atoms with Crippen molar-refractivity contribution < 1.29 is 4.74 Å². The maximum absolute atomic E-state index is 6.27. The maximum atomic E-state index is 6.27. The number of halogens is 1. The Morgan fingerprint density at radius 2 is 1.73 bits per heavy atom. The van der Waals surface area contributed by atoms with Crippen molar-refractivity contribution in [1.82, 2.24) is 9.97 Å². The first-order chi connectivity index (χ1) is 10.8. The number of methoxy groups -OCH3 is 1. The lowest BCUT2D eigenvalue weighted by Crippen LogP contribution is -1.98. The molecule has 22 heavy (non-hydrogen) atoms. The van der Waals surface area contributed by atoms with Crippen molar-refractivity contribution in [2.75, 3.05) is 12.4 Å². The third-order valence-corrected chi connectivity index (χ3v) is 3.46. The van der Waals surface area contributed by atoms with Crippen LogP contribution in [0.1, 0.15) is 0 Å². The third-order valence-electron chi connectivity index (χ3n) is 3.17. The van der Waals surface area contributed by atoms with Gasteiger partial charge in [0, 0.05) is 17.4 Å². The molecule has 1 heterocycles. The monoisotopic (exact) mass is 311 g/mol. The van der Waals surface area contributed by atoms with E-state index in [-0.39, 0.29) is 0 Å². The van der Waals surface area contributed by atoms with Crippen molar-refractivity contribution in [3.05, 3.63) is 65.9 Å². The summed E-state index contributed by atoms with van der Waals surface area (Å²) in [6.45, 7) is 0. The summed E-state index contributed by atoms with van der Waals surface area (Å²) in [5, 5.41) is 3.53. The van der Waals surface area contributed by atoms with E-state index in [9.17, 15) is 0 Å². The van der Waals surface area contributed by atoms with Gasteiger partial charge in [0.05, 0.1) is 7.11 Å². The Kier molecular flexibility index (Phi) is 4.21. The summed E-state index contributed by atoms with van der Waals surface area (Å²) in [5.74, 6) is 1.25. The van der Waals surface area contributed by atoms with Gasteiger partial charge in [-0.2, -0.15) is 0 Å². The molecule has 0 fully saturated rings. The van der Waals surface area contributed by atoms with Gasteiger partial charge in [-0.25, -0.2) is 9.97 Å². The van der Waals surface area contributed by atoms with Crippen LogP contribution in [0.4, 0.5) is 11.6 Å². The molecule has 0 radical (unpaired) electrons. The van der Waals surface area contributed by atoms with Gasteiger partial charge in [0.15, 0.2) is 0 Å². The Morgan fingerprint density at radius 3 is 2.36 bits per heavy atom. The predicted octanol–water partition coefficient (Wildman–Crippen LogP) is 4.55. The number of nitrogens with one attached hydrogen (secondary N) is 1. The summed E-state index contributed by atoms with van der Waals surface area (Å²) in [7, 11) is 1.63. The average molecular weight is 312 g/mol. The van der Waals surface area contributed by atoms with Crippen LogP contribution in [0.3, 0.4) is 0 Å². The Labute approximate surface area is 133 Å². The lowest BCUT2D eigenvalue weighted by Gasteiger charge is -2.08. The smallest absolute Gasteiger partial charge is 0.228 e. The second kappa shape index (κ2) is 6.45. The number of ether oxygens (including phenoxy) is 1. The first kappa shape index (κ1) is 14.4. The van der Waals surface area contributed by atoms with Gasteiger partial charge in [-0.05, 0) is 29.8 Å². The molecule has 4 nitrogen and oxygen atoms in total. The Hall–Kier alpha value is -2.59. The molecule has 0 atom stereocenters. The summed E-state index contributed by atoms with van der Waals surface area (Å²) >= 11 is 6.27. The zero-order valence-electron chi connectivity index (χ0n) is 12.0. The third kappa shape index (κ3) is 3.18. The summed E-state index contributed by atoms with van der Waals surface area (Å²) < 4.78 is 5.12. The number of nitrogens with zero attached hydrogens (tertiary/aromatic N) is 2. The van der Waals surface area contributed by atoms with Gasteiger partial charge in [-0.3, -0.25) is 0 Å². The lowest BCUT2D eigenvalue weighted by molar-refractivity contribution is 0.415. The minimum atomic E-state index is 0.414. The normalized spacial score (nSPS) is 10.3. The zero-order valence-corrected chi connectivity index (χ0v) is 12.7. The van der Waals surface area contributed by atoms with Gasteiger partial charge in [-0.15, -0.1) is 0 Å². The molecule has 0 aliphatic heterocycles. The van der Waals surface area contributed by atoms with Crippen LogP contribution >= 0.6 is 11.6 Å². The highest BCUT2D eigenvalue weighted by molar-refractivity contribution is 6.32.